The number of rotatable bonds is 2. The summed E-state index contributed by atoms with van der Waals surface area (Å²) in [5.41, 5.74) is 1.65. The van der Waals surface area contributed by atoms with Gasteiger partial charge in [-0.15, -0.1) is 11.6 Å². The lowest BCUT2D eigenvalue weighted by Gasteiger charge is -2.57. The number of fused-ring (bicyclic) bond motifs is 5. The third-order valence-corrected chi connectivity index (χ3v) is 10.7. The fourth-order valence-corrected chi connectivity index (χ4v) is 9.16. The van der Waals surface area contributed by atoms with Gasteiger partial charge in [-0.1, -0.05) is 27.7 Å². The Hall–Kier alpha value is -1.45. The summed E-state index contributed by atoms with van der Waals surface area (Å²) in [6.45, 7) is 1.80. The molecule has 0 N–H and O–H groups in total. The van der Waals surface area contributed by atoms with Crippen molar-refractivity contribution in [1.82, 2.24) is 9.80 Å². The van der Waals surface area contributed by atoms with Crippen molar-refractivity contribution in [3.63, 3.8) is 0 Å². The van der Waals surface area contributed by atoms with Crippen LogP contribution in [0, 0.1) is 0 Å². The molecule has 28 heavy (non-hydrogen) atoms. The zero-order valence-electron chi connectivity index (χ0n) is 16.1. The second-order valence-electron chi connectivity index (χ2n) is 7.69. The number of ether oxygens (including phenoxy) is 2. The molecule has 0 saturated carbocycles. The SMILES string of the molecule is COc1ccc2c(c1OC)N(C)[C@@H]1N3C(=O)[C@]4(C)SS[C@@]3(C[C@]21Cl)C(=O)N4C. The Morgan fingerprint density at radius 1 is 1.14 bits per heavy atom. The molecular weight excluding hydrogens is 422 g/mol. The van der Waals surface area contributed by atoms with Crippen molar-refractivity contribution in [3.8, 4) is 11.5 Å². The molecule has 2 bridgehead atoms. The van der Waals surface area contributed by atoms with Crippen LogP contribution in [0.3, 0.4) is 0 Å². The van der Waals surface area contributed by atoms with E-state index in [0.29, 0.717) is 17.9 Å². The van der Waals surface area contributed by atoms with Gasteiger partial charge in [0.15, 0.2) is 21.2 Å². The van der Waals surface area contributed by atoms with Gasteiger partial charge in [-0.25, -0.2) is 0 Å². The van der Waals surface area contributed by atoms with Crippen molar-refractivity contribution in [1.29, 1.82) is 0 Å². The van der Waals surface area contributed by atoms with Crippen molar-refractivity contribution in [2.45, 2.75) is 34.1 Å². The van der Waals surface area contributed by atoms with Crippen LogP contribution >= 0.6 is 33.2 Å². The Bertz CT molecular complexity index is 948. The Kier molecular flexibility index (Phi) is 3.56. The van der Waals surface area contributed by atoms with E-state index in [2.05, 4.69) is 0 Å². The van der Waals surface area contributed by atoms with Crippen LogP contribution in [0.5, 0.6) is 11.5 Å². The summed E-state index contributed by atoms with van der Waals surface area (Å²) in [5.74, 6) is 1.03. The number of carbonyl (C=O) groups is 2. The highest BCUT2D eigenvalue weighted by molar-refractivity contribution is 8.78. The highest BCUT2D eigenvalue weighted by Gasteiger charge is 2.77. The molecule has 6 rings (SSSR count). The summed E-state index contributed by atoms with van der Waals surface area (Å²) in [7, 11) is 9.66. The summed E-state index contributed by atoms with van der Waals surface area (Å²) in [4.78, 5) is 29.3. The average molecular weight is 442 g/mol. The standard InChI is InChI=1S/C18H20ClN3O4S2/c1-16-14(23)22-13-17(19,8-18(22,28-27-16)15(24)21(16)3)9-6-7-10(25-4)12(26-5)11(9)20(13)2/h6-7,13H,8H2,1-5H3/t13-,16+,17+,18+/m1/s1. The first kappa shape index (κ1) is 18.6. The van der Waals surface area contributed by atoms with Crippen LogP contribution in [-0.2, 0) is 14.5 Å². The van der Waals surface area contributed by atoms with Gasteiger partial charge < -0.3 is 19.3 Å². The van der Waals surface area contributed by atoms with Gasteiger partial charge in [-0.05, 0) is 13.0 Å². The van der Waals surface area contributed by atoms with Gasteiger partial charge in [0.05, 0.1) is 19.9 Å². The minimum atomic E-state index is -1.00. The highest BCUT2D eigenvalue weighted by Crippen LogP contribution is 2.71. The van der Waals surface area contributed by atoms with Crippen molar-refractivity contribution in [2.75, 3.05) is 33.2 Å². The lowest BCUT2D eigenvalue weighted by Crippen LogP contribution is -2.75. The number of hydrogen-bond acceptors (Lipinski definition) is 7. The fraction of sp³-hybridized carbons (Fsp3) is 0.556. The van der Waals surface area contributed by atoms with Crippen LogP contribution in [0.1, 0.15) is 18.9 Å². The first-order chi connectivity index (χ1) is 13.2. The number of hydrogen-bond donors (Lipinski definition) is 0. The molecule has 5 heterocycles. The topological polar surface area (TPSA) is 62.3 Å². The van der Waals surface area contributed by atoms with Crippen molar-refractivity contribution in [3.05, 3.63) is 17.7 Å². The monoisotopic (exact) mass is 441 g/mol. The smallest absolute Gasteiger partial charge is 0.262 e. The number of nitrogens with zero attached hydrogens (tertiary/aromatic N) is 3. The number of halogens is 1. The van der Waals surface area contributed by atoms with Gasteiger partial charge in [0.25, 0.3) is 11.8 Å². The van der Waals surface area contributed by atoms with E-state index < -0.39 is 20.8 Å². The normalized spacial score (nSPS) is 37.9. The van der Waals surface area contributed by atoms with Crippen molar-refractivity contribution < 1.29 is 19.1 Å². The zero-order valence-corrected chi connectivity index (χ0v) is 18.5. The minimum absolute atomic E-state index is 0.0665. The number of anilines is 1. The molecule has 2 amide bonds. The Morgan fingerprint density at radius 2 is 1.86 bits per heavy atom. The van der Waals surface area contributed by atoms with Gasteiger partial charge in [0.1, 0.15) is 11.0 Å². The maximum atomic E-state index is 13.6. The third-order valence-electron chi connectivity index (χ3n) is 6.46. The second kappa shape index (κ2) is 5.37. The van der Waals surface area contributed by atoms with E-state index in [1.54, 1.807) is 38.0 Å². The van der Waals surface area contributed by atoms with E-state index in [4.69, 9.17) is 21.1 Å². The molecule has 0 aliphatic carbocycles. The molecule has 5 aliphatic rings. The van der Waals surface area contributed by atoms with Crippen molar-refractivity contribution >= 4 is 50.7 Å². The Labute approximate surface area is 176 Å². The zero-order chi connectivity index (χ0) is 20.2. The summed E-state index contributed by atoms with van der Waals surface area (Å²) >= 11 is 7.28. The van der Waals surface area contributed by atoms with Crippen LogP contribution in [0.25, 0.3) is 0 Å². The molecule has 150 valence electrons. The molecule has 7 nitrogen and oxygen atoms in total. The molecule has 0 aromatic heterocycles. The molecule has 4 atom stereocenters. The maximum Gasteiger partial charge on any atom is 0.262 e. The largest absolute Gasteiger partial charge is 0.493 e. The van der Waals surface area contributed by atoms with Gasteiger partial charge in [0.2, 0.25) is 0 Å². The minimum Gasteiger partial charge on any atom is -0.493 e. The maximum absolute atomic E-state index is 13.6. The van der Waals surface area contributed by atoms with E-state index in [1.807, 2.05) is 24.1 Å². The van der Waals surface area contributed by atoms with Crippen LogP contribution in [0.2, 0.25) is 0 Å². The molecular formula is C18H20ClN3O4S2. The van der Waals surface area contributed by atoms with Gasteiger partial charge in [-0.2, -0.15) is 0 Å². The predicted octanol–water partition coefficient (Wildman–Crippen LogP) is 2.43. The number of benzene rings is 1. The van der Waals surface area contributed by atoms with Gasteiger partial charge in [0, 0.05) is 26.1 Å². The summed E-state index contributed by atoms with van der Waals surface area (Å²) in [6.07, 6.45) is -0.148. The lowest BCUT2D eigenvalue weighted by atomic mass is 9.94. The third kappa shape index (κ3) is 1.74. The average Bonchev–Trinajstić information content (AvgIpc) is 3.08. The predicted molar refractivity (Wildman–Crippen MR) is 110 cm³/mol. The van der Waals surface area contributed by atoms with E-state index in [9.17, 15) is 9.59 Å². The van der Waals surface area contributed by atoms with E-state index in [0.717, 1.165) is 11.3 Å². The van der Waals surface area contributed by atoms with E-state index in [1.165, 1.54) is 21.6 Å². The Morgan fingerprint density at radius 3 is 2.50 bits per heavy atom. The lowest BCUT2D eigenvalue weighted by molar-refractivity contribution is -0.163. The molecule has 0 radical (unpaired) electrons. The van der Waals surface area contributed by atoms with Gasteiger partial charge in [-0.3, -0.25) is 14.5 Å². The Balaban J connectivity index is 1.74. The number of carbonyl (C=O) groups excluding carboxylic acids is 2. The quantitative estimate of drug-likeness (QED) is 0.516. The van der Waals surface area contributed by atoms with E-state index >= 15 is 0 Å². The molecule has 1 spiro atoms. The molecule has 10 heteroatoms. The van der Waals surface area contributed by atoms with Crippen LogP contribution in [0.15, 0.2) is 12.1 Å². The number of methoxy groups -OCH3 is 2. The molecule has 1 aromatic rings. The second-order valence-corrected chi connectivity index (χ2v) is 11.2. The number of piperazine rings is 1. The van der Waals surface area contributed by atoms with Crippen LogP contribution < -0.4 is 14.4 Å². The fourth-order valence-electron chi connectivity index (χ4n) is 4.98. The molecule has 4 fully saturated rings. The first-order valence-electron chi connectivity index (χ1n) is 8.83. The number of alkyl halides is 1. The van der Waals surface area contributed by atoms with Crippen molar-refractivity contribution in [2.24, 2.45) is 0 Å². The van der Waals surface area contributed by atoms with Crippen LogP contribution in [-0.4, -0.2) is 65.8 Å². The summed E-state index contributed by atoms with van der Waals surface area (Å²) in [5, 5.41) is 0. The summed E-state index contributed by atoms with van der Waals surface area (Å²) < 4.78 is 11.1. The molecule has 1 aromatic carbocycles. The highest BCUT2D eigenvalue weighted by atomic mass is 35.5. The van der Waals surface area contributed by atoms with E-state index in [-0.39, 0.29) is 11.8 Å². The van der Waals surface area contributed by atoms with Gasteiger partial charge >= 0.3 is 0 Å². The summed E-state index contributed by atoms with van der Waals surface area (Å²) in [6, 6.07) is 3.74. The molecule has 5 aliphatic heterocycles. The van der Waals surface area contributed by atoms with Crippen LogP contribution in [0.4, 0.5) is 5.69 Å². The molecule has 4 saturated heterocycles. The molecule has 0 unspecified atom stereocenters. The number of likely N-dealkylation sites (N-methyl/N-ethyl adjacent to an activating group) is 2. The first-order valence-corrected chi connectivity index (χ1v) is 11.4. The number of amides is 2.